The summed E-state index contributed by atoms with van der Waals surface area (Å²) in [5, 5.41) is 0. The number of allylic oxidation sites excluding steroid dienone is 1. The molecular weight excluding hydrogens is 354 g/mol. The van der Waals surface area contributed by atoms with E-state index in [4.69, 9.17) is 15.2 Å². The Balaban J connectivity index is 1.84. The number of halogens is 4. The zero-order valence-corrected chi connectivity index (χ0v) is 13.5. The van der Waals surface area contributed by atoms with E-state index in [-0.39, 0.29) is 23.2 Å². The van der Waals surface area contributed by atoms with Crippen LogP contribution in [0.1, 0.15) is 30.1 Å². The Kier molecular flexibility index (Phi) is 4.97. The number of fused-ring (bicyclic) bond motifs is 1. The second-order valence-electron chi connectivity index (χ2n) is 5.64. The van der Waals surface area contributed by atoms with Crippen molar-refractivity contribution in [2.24, 2.45) is 5.73 Å². The highest BCUT2D eigenvalue weighted by Gasteiger charge is 2.34. The van der Waals surface area contributed by atoms with E-state index in [1.165, 1.54) is 12.3 Å². The van der Waals surface area contributed by atoms with E-state index in [0.717, 1.165) is 18.8 Å². The molecule has 0 aliphatic carbocycles. The molecule has 0 radical (unpaired) electrons. The van der Waals surface area contributed by atoms with Gasteiger partial charge in [0.25, 0.3) is 0 Å². The number of rotatable bonds is 4. The molecular formula is C17H15F4N3O2. The van der Waals surface area contributed by atoms with Gasteiger partial charge in [0.2, 0.25) is 11.6 Å². The van der Waals surface area contributed by atoms with Gasteiger partial charge in [0.05, 0.1) is 19.0 Å². The molecule has 0 spiro atoms. The lowest BCUT2D eigenvalue weighted by molar-refractivity contribution is -0.145. The lowest BCUT2D eigenvalue weighted by Gasteiger charge is -2.26. The van der Waals surface area contributed by atoms with E-state index < -0.39 is 17.8 Å². The summed E-state index contributed by atoms with van der Waals surface area (Å²) in [5.41, 5.74) is 6.05. The van der Waals surface area contributed by atoms with Crippen LogP contribution in [0.3, 0.4) is 0 Å². The second-order valence-corrected chi connectivity index (χ2v) is 5.64. The molecule has 0 saturated carbocycles. The molecule has 0 bridgehead atoms. The van der Waals surface area contributed by atoms with Crippen molar-refractivity contribution in [2.75, 3.05) is 6.61 Å². The first-order valence-corrected chi connectivity index (χ1v) is 7.79. The molecule has 0 fully saturated rings. The Morgan fingerprint density at radius 1 is 1.27 bits per heavy atom. The van der Waals surface area contributed by atoms with Crippen LogP contribution >= 0.6 is 0 Å². The van der Waals surface area contributed by atoms with Gasteiger partial charge in [-0.05, 0) is 31.0 Å². The Morgan fingerprint density at radius 2 is 2.00 bits per heavy atom. The van der Waals surface area contributed by atoms with Gasteiger partial charge in [-0.1, -0.05) is 12.1 Å². The Labute approximate surface area is 146 Å². The summed E-state index contributed by atoms with van der Waals surface area (Å²) in [6.45, 7) is 0.347. The average molecular weight is 369 g/mol. The molecule has 1 aromatic carbocycles. The minimum Gasteiger partial charge on any atom is -0.490 e. The Hall–Kier alpha value is -2.84. The van der Waals surface area contributed by atoms with Crippen LogP contribution in [-0.2, 0) is 6.18 Å². The van der Waals surface area contributed by atoms with Crippen molar-refractivity contribution in [1.29, 1.82) is 0 Å². The fraction of sp³-hybridized carbons (Fsp3) is 0.294. The fourth-order valence-electron chi connectivity index (χ4n) is 2.69. The maximum absolute atomic E-state index is 14.7. The zero-order valence-electron chi connectivity index (χ0n) is 13.5. The summed E-state index contributed by atoms with van der Waals surface area (Å²) in [5.74, 6) is -2.16. The van der Waals surface area contributed by atoms with Gasteiger partial charge < -0.3 is 15.2 Å². The molecule has 138 valence electrons. The molecule has 0 saturated heterocycles. The third-order valence-corrected chi connectivity index (χ3v) is 3.91. The van der Waals surface area contributed by atoms with Crippen molar-refractivity contribution in [2.45, 2.75) is 24.9 Å². The molecule has 0 amide bonds. The predicted molar refractivity (Wildman–Crippen MR) is 84.3 cm³/mol. The SMILES string of the molecule is NC=CCC1CCOc2c1ccc(Oc1cnc(C(F)(F)F)nc1)c2F. The molecule has 5 nitrogen and oxygen atoms in total. The minimum atomic E-state index is -4.66. The molecule has 2 N–H and O–H groups in total. The van der Waals surface area contributed by atoms with Crippen LogP contribution in [0.25, 0.3) is 0 Å². The molecule has 2 aromatic rings. The van der Waals surface area contributed by atoms with Crippen molar-refractivity contribution in [1.82, 2.24) is 9.97 Å². The maximum atomic E-state index is 14.7. The van der Waals surface area contributed by atoms with E-state index in [0.29, 0.717) is 18.6 Å². The maximum Gasteiger partial charge on any atom is 0.451 e. The Bertz CT molecular complexity index is 807. The highest BCUT2D eigenvalue weighted by molar-refractivity contribution is 5.47. The number of nitrogens with two attached hydrogens (primary N) is 1. The van der Waals surface area contributed by atoms with E-state index >= 15 is 0 Å². The third kappa shape index (κ3) is 3.71. The number of aromatic nitrogens is 2. The van der Waals surface area contributed by atoms with Gasteiger partial charge in [-0.3, -0.25) is 0 Å². The van der Waals surface area contributed by atoms with Crippen LogP contribution in [0.5, 0.6) is 17.2 Å². The number of hydrogen-bond donors (Lipinski definition) is 1. The first-order chi connectivity index (χ1) is 12.4. The molecule has 3 rings (SSSR count). The van der Waals surface area contributed by atoms with Crippen LogP contribution in [0.4, 0.5) is 17.6 Å². The van der Waals surface area contributed by atoms with Crippen molar-refractivity contribution < 1.29 is 27.0 Å². The standard InChI is InChI=1S/C17H15F4N3O2/c18-14-13(26-11-8-23-16(24-9-11)17(19,20)21)4-3-12-10(2-1-6-22)5-7-25-15(12)14/h1,3-4,6,8-10H,2,5,7,22H2. The molecule has 1 aliphatic rings. The summed E-state index contributed by atoms with van der Waals surface area (Å²) in [6, 6.07) is 3.08. The highest BCUT2D eigenvalue weighted by atomic mass is 19.4. The largest absolute Gasteiger partial charge is 0.490 e. The van der Waals surface area contributed by atoms with E-state index in [1.54, 1.807) is 12.1 Å². The van der Waals surface area contributed by atoms with Gasteiger partial charge in [0.15, 0.2) is 17.2 Å². The zero-order chi connectivity index (χ0) is 18.7. The summed E-state index contributed by atoms with van der Waals surface area (Å²) >= 11 is 0. The third-order valence-electron chi connectivity index (χ3n) is 3.91. The molecule has 1 aliphatic heterocycles. The van der Waals surface area contributed by atoms with Gasteiger partial charge in [0.1, 0.15) is 0 Å². The fourth-order valence-corrected chi connectivity index (χ4v) is 2.69. The summed E-state index contributed by atoms with van der Waals surface area (Å²) in [7, 11) is 0. The van der Waals surface area contributed by atoms with Crippen molar-refractivity contribution in [3.05, 3.63) is 54.0 Å². The first-order valence-electron chi connectivity index (χ1n) is 7.79. The van der Waals surface area contributed by atoms with Crippen LogP contribution in [0, 0.1) is 5.82 Å². The molecule has 1 atom stereocenters. The first kappa shape index (κ1) is 18.0. The normalized spacial score (nSPS) is 17.0. The van der Waals surface area contributed by atoms with Crippen LogP contribution < -0.4 is 15.2 Å². The van der Waals surface area contributed by atoms with E-state index in [1.807, 2.05) is 0 Å². The van der Waals surface area contributed by atoms with Gasteiger partial charge in [-0.2, -0.15) is 17.6 Å². The number of ether oxygens (including phenoxy) is 2. The van der Waals surface area contributed by atoms with Gasteiger partial charge in [0, 0.05) is 5.56 Å². The number of benzene rings is 1. The monoisotopic (exact) mass is 369 g/mol. The van der Waals surface area contributed by atoms with Crippen molar-refractivity contribution in [3.63, 3.8) is 0 Å². The number of nitrogens with zero attached hydrogens (tertiary/aromatic N) is 2. The topological polar surface area (TPSA) is 70.3 Å². The van der Waals surface area contributed by atoms with Crippen LogP contribution in [0.15, 0.2) is 36.8 Å². The van der Waals surface area contributed by atoms with Gasteiger partial charge >= 0.3 is 6.18 Å². The van der Waals surface area contributed by atoms with Crippen molar-refractivity contribution in [3.8, 4) is 17.2 Å². The van der Waals surface area contributed by atoms with Crippen molar-refractivity contribution >= 4 is 0 Å². The highest BCUT2D eigenvalue weighted by Crippen LogP contribution is 2.41. The molecule has 26 heavy (non-hydrogen) atoms. The lowest BCUT2D eigenvalue weighted by Crippen LogP contribution is -2.15. The predicted octanol–water partition coefficient (Wildman–Crippen LogP) is 4.16. The molecule has 2 heterocycles. The summed E-state index contributed by atoms with van der Waals surface area (Å²) in [6.07, 6.45) is 1.63. The van der Waals surface area contributed by atoms with E-state index in [2.05, 4.69) is 9.97 Å². The molecule has 1 unspecified atom stereocenters. The summed E-state index contributed by atoms with van der Waals surface area (Å²) < 4.78 is 62.8. The summed E-state index contributed by atoms with van der Waals surface area (Å²) in [4.78, 5) is 6.35. The smallest absolute Gasteiger partial charge is 0.451 e. The van der Waals surface area contributed by atoms with Crippen LogP contribution in [0.2, 0.25) is 0 Å². The Morgan fingerprint density at radius 3 is 2.65 bits per heavy atom. The minimum absolute atomic E-state index is 0.0662. The number of alkyl halides is 3. The lowest BCUT2D eigenvalue weighted by atomic mass is 9.90. The number of hydrogen-bond acceptors (Lipinski definition) is 5. The second kappa shape index (κ2) is 7.19. The molecule has 1 aromatic heterocycles. The quantitative estimate of drug-likeness (QED) is 0.820. The molecule has 9 heteroatoms. The van der Waals surface area contributed by atoms with Gasteiger partial charge in [-0.25, -0.2) is 9.97 Å². The average Bonchev–Trinajstić information content (AvgIpc) is 2.62. The van der Waals surface area contributed by atoms with Crippen LogP contribution in [-0.4, -0.2) is 16.6 Å². The van der Waals surface area contributed by atoms with Gasteiger partial charge in [-0.15, -0.1) is 0 Å². The van der Waals surface area contributed by atoms with E-state index in [9.17, 15) is 17.6 Å².